The highest BCUT2D eigenvalue weighted by Gasteiger charge is 2.45. The molecule has 21 heavy (non-hydrogen) atoms. The maximum absolute atomic E-state index is 13.7. The van der Waals surface area contributed by atoms with Crippen LogP contribution >= 0.6 is 11.6 Å². The highest BCUT2D eigenvalue weighted by atomic mass is 35.5. The minimum atomic E-state index is -0.945. The number of aliphatic hydroxyl groups is 1. The van der Waals surface area contributed by atoms with Gasteiger partial charge >= 0.3 is 0 Å². The van der Waals surface area contributed by atoms with Crippen LogP contribution in [0.25, 0.3) is 0 Å². The second-order valence-corrected chi connectivity index (χ2v) is 7.21. The minimum absolute atomic E-state index is 0.228. The Balaban J connectivity index is 1.96. The third-order valence-electron chi connectivity index (χ3n) is 5.55. The highest BCUT2D eigenvalue weighted by molar-refractivity contribution is 6.31. The molecule has 2 aliphatic carbocycles. The molecule has 3 rings (SSSR count). The molecule has 0 radical (unpaired) electrons. The third-order valence-corrected chi connectivity index (χ3v) is 5.88. The van der Waals surface area contributed by atoms with Gasteiger partial charge in [0.05, 0.1) is 5.60 Å². The van der Waals surface area contributed by atoms with E-state index in [2.05, 4.69) is 0 Å². The van der Waals surface area contributed by atoms with Gasteiger partial charge in [0, 0.05) is 10.6 Å². The van der Waals surface area contributed by atoms with Gasteiger partial charge in [-0.05, 0) is 42.9 Å². The molecule has 0 spiro atoms. The molecule has 1 aromatic rings. The van der Waals surface area contributed by atoms with E-state index in [0.29, 0.717) is 22.9 Å². The Kier molecular flexibility index (Phi) is 4.56. The van der Waals surface area contributed by atoms with Crippen LogP contribution in [0.15, 0.2) is 18.2 Å². The van der Waals surface area contributed by atoms with Crippen LogP contribution in [0.3, 0.4) is 0 Å². The summed E-state index contributed by atoms with van der Waals surface area (Å²) in [5.74, 6) is 0.477. The van der Waals surface area contributed by atoms with E-state index in [1.807, 2.05) is 0 Å². The lowest BCUT2D eigenvalue weighted by atomic mass is 9.63. The maximum atomic E-state index is 13.7. The summed E-state index contributed by atoms with van der Waals surface area (Å²) in [4.78, 5) is 0. The quantitative estimate of drug-likeness (QED) is 0.771. The Labute approximate surface area is 131 Å². The Morgan fingerprint density at radius 3 is 2.52 bits per heavy atom. The summed E-state index contributed by atoms with van der Waals surface area (Å²) in [6.07, 6.45) is 10.1. The average Bonchev–Trinajstić information content (AvgIpc) is 2.51. The van der Waals surface area contributed by atoms with Crippen LogP contribution in [0.4, 0.5) is 4.39 Å². The smallest absolute Gasteiger partial charge is 0.123 e. The molecule has 0 saturated heterocycles. The zero-order valence-corrected chi connectivity index (χ0v) is 13.2. The van der Waals surface area contributed by atoms with E-state index < -0.39 is 5.60 Å². The van der Waals surface area contributed by atoms with Crippen molar-refractivity contribution < 1.29 is 9.50 Å². The van der Waals surface area contributed by atoms with E-state index in [4.69, 9.17) is 11.6 Å². The predicted octanol–water partition coefficient (Wildman–Crippen LogP) is 5.44. The van der Waals surface area contributed by atoms with Crippen molar-refractivity contribution in [3.8, 4) is 0 Å². The molecule has 1 aromatic carbocycles. The normalized spacial score (nSPS) is 31.3. The Hall–Kier alpha value is -0.600. The molecular weight excluding hydrogens is 287 g/mol. The van der Waals surface area contributed by atoms with Gasteiger partial charge in [0.15, 0.2) is 0 Å². The van der Waals surface area contributed by atoms with E-state index in [-0.39, 0.29) is 11.7 Å². The van der Waals surface area contributed by atoms with Crippen molar-refractivity contribution in [2.45, 2.75) is 63.4 Å². The fraction of sp³-hybridized carbons (Fsp3) is 0.667. The molecule has 2 saturated carbocycles. The summed E-state index contributed by atoms with van der Waals surface area (Å²) in [5, 5.41) is 11.9. The van der Waals surface area contributed by atoms with E-state index >= 15 is 0 Å². The lowest BCUT2D eigenvalue weighted by Gasteiger charge is -2.46. The van der Waals surface area contributed by atoms with Crippen molar-refractivity contribution in [2.75, 3.05) is 0 Å². The molecule has 2 fully saturated rings. The Morgan fingerprint density at radius 1 is 1.05 bits per heavy atom. The molecule has 2 unspecified atom stereocenters. The molecule has 1 N–H and O–H groups in total. The van der Waals surface area contributed by atoms with Crippen molar-refractivity contribution in [3.63, 3.8) is 0 Å². The van der Waals surface area contributed by atoms with Crippen LogP contribution in [-0.2, 0) is 5.60 Å². The molecule has 2 atom stereocenters. The fourth-order valence-electron chi connectivity index (χ4n) is 4.51. The molecule has 0 heterocycles. The number of hydrogen-bond donors (Lipinski definition) is 1. The van der Waals surface area contributed by atoms with Crippen molar-refractivity contribution in [2.24, 2.45) is 11.8 Å². The van der Waals surface area contributed by atoms with Crippen molar-refractivity contribution in [1.29, 1.82) is 0 Å². The molecule has 2 aliphatic rings. The van der Waals surface area contributed by atoms with Gasteiger partial charge in [-0.1, -0.05) is 56.5 Å². The van der Waals surface area contributed by atoms with Gasteiger partial charge in [0.1, 0.15) is 5.82 Å². The topological polar surface area (TPSA) is 20.2 Å². The van der Waals surface area contributed by atoms with Gasteiger partial charge in [0.2, 0.25) is 0 Å². The Bertz CT molecular complexity index is 498. The van der Waals surface area contributed by atoms with E-state index in [1.165, 1.54) is 44.2 Å². The fourth-order valence-corrected chi connectivity index (χ4v) is 4.79. The van der Waals surface area contributed by atoms with Crippen LogP contribution in [0.5, 0.6) is 0 Å². The maximum Gasteiger partial charge on any atom is 0.123 e. The number of benzene rings is 1. The molecule has 0 bridgehead atoms. The van der Waals surface area contributed by atoms with E-state index in [9.17, 15) is 9.50 Å². The van der Waals surface area contributed by atoms with Crippen molar-refractivity contribution in [3.05, 3.63) is 34.6 Å². The second-order valence-electron chi connectivity index (χ2n) is 6.80. The first-order valence-corrected chi connectivity index (χ1v) is 8.67. The predicted molar refractivity (Wildman–Crippen MR) is 83.8 cm³/mol. The minimum Gasteiger partial charge on any atom is -0.385 e. The zero-order chi connectivity index (χ0) is 14.9. The van der Waals surface area contributed by atoms with Gasteiger partial charge in [-0.3, -0.25) is 0 Å². The highest BCUT2D eigenvalue weighted by Crippen LogP contribution is 2.50. The molecule has 0 aliphatic heterocycles. The van der Waals surface area contributed by atoms with Crippen LogP contribution in [0.2, 0.25) is 5.02 Å². The average molecular weight is 311 g/mol. The van der Waals surface area contributed by atoms with Crippen molar-refractivity contribution >= 4 is 11.6 Å². The standard InChI is InChI=1S/C18H24ClFO/c19-17-10-9-14(20)12-16(17)18(21)11-5-4-8-15(18)13-6-2-1-3-7-13/h9-10,12-13,15,21H,1-8,11H2. The first kappa shape index (κ1) is 15.3. The number of halogens is 2. The van der Waals surface area contributed by atoms with Gasteiger partial charge in [-0.2, -0.15) is 0 Å². The van der Waals surface area contributed by atoms with Gasteiger partial charge in [-0.25, -0.2) is 4.39 Å². The summed E-state index contributed by atoms with van der Waals surface area (Å²) < 4.78 is 13.7. The molecule has 1 nitrogen and oxygen atoms in total. The van der Waals surface area contributed by atoms with Gasteiger partial charge < -0.3 is 5.11 Å². The van der Waals surface area contributed by atoms with Gasteiger partial charge in [-0.15, -0.1) is 0 Å². The van der Waals surface area contributed by atoms with Crippen LogP contribution in [0, 0.1) is 17.7 Å². The molecular formula is C18H24ClFO. The second kappa shape index (κ2) is 6.26. The van der Waals surface area contributed by atoms with Crippen molar-refractivity contribution in [1.82, 2.24) is 0 Å². The SMILES string of the molecule is OC1(c2cc(F)ccc2Cl)CCCCC1C1CCCCC1. The first-order valence-electron chi connectivity index (χ1n) is 8.29. The summed E-state index contributed by atoms with van der Waals surface area (Å²) in [6, 6.07) is 4.40. The Morgan fingerprint density at radius 2 is 1.76 bits per heavy atom. The number of rotatable bonds is 2. The largest absolute Gasteiger partial charge is 0.385 e. The summed E-state index contributed by atoms with van der Waals surface area (Å²) >= 11 is 6.30. The summed E-state index contributed by atoms with van der Waals surface area (Å²) in [5.41, 5.74) is -0.334. The van der Waals surface area contributed by atoms with Gasteiger partial charge in [0.25, 0.3) is 0 Å². The molecule has 0 aromatic heterocycles. The van der Waals surface area contributed by atoms with Crippen LogP contribution in [-0.4, -0.2) is 5.11 Å². The van der Waals surface area contributed by atoms with E-state index in [1.54, 1.807) is 6.07 Å². The lowest BCUT2D eigenvalue weighted by Crippen LogP contribution is -2.42. The lowest BCUT2D eigenvalue weighted by molar-refractivity contribution is -0.0835. The number of hydrogen-bond acceptors (Lipinski definition) is 1. The third kappa shape index (κ3) is 2.98. The first-order chi connectivity index (χ1) is 10.1. The summed E-state index contributed by atoms with van der Waals surface area (Å²) in [7, 11) is 0. The monoisotopic (exact) mass is 310 g/mol. The molecule has 3 heteroatoms. The molecule has 116 valence electrons. The van der Waals surface area contributed by atoms with Crippen LogP contribution in [0.1, 0.15) is 63.4 Å². The van der Waals surface area contributed by atoms with E-state index in [0.717, 1.165) is 19.3 Å². The van der Waals surface area contributed by atoms with Crippen LogP contribution < -0.4 is 0 Å². The molecule has 0 amide bonds. The zero-order valence-electron chi connectivity index (χ0n) is 12.5. The summed E-state index contributed by atoms with van der Waals surface area (Å²) in [6.45, 7) is 0.